The van der Waals surface area contributed by atoms with Crippen molar-refractivity contribution in [2.45, 2.75) is 32.8 Å². The number of aliphatic hydroxyl groups is 1. The molecule has 88 valence electrons. The van der Waals surface area contributed by atoms with E-state index in [0.717, 1.165) is 25.9 Å². The van der Waals surface area contributed by atoms with Crippen LogP contribution < -0.4 is 0 Å². The van der Waals surface area contributed by atoms with Crippen molar-refractivity contribution in [2.24, 2.45) is 5.92 Å². The molecule has 15 heavy (non-hydrogen) atoms. The summed E-state index contributed by atoms with van der Waals surface area (Å²) in [5, 5.41) is 8.80. The van der Waals surface area contributed by atoms with E-state index in [2.05, 4.69) is 0 Å². The maximum atomic E-state index is 11.6. The number of ether oxygens (including phenoxy) is 1. The highest BCUT2D eigenvalue weighted by Crippen LogP contribution is 2.19. The van der Waals surface area contributed by atoms with Gasteiger partial charge >= 0.3 is 0 Å². The summed E-state index contributed by atoms with van der Waals surface area (Å²) in [5.41, 5.74) is 0. The van der Waals surface area contributed by atoms with Gasteiger partial charge in [-0.1, -0.05) is 0 Å². The maximum absolute atomic E-state index is 11.6. The van der Waals surface area contributed by atoms with E-state index in [-0.39, 0.29) is 25.2 Å². The highest BCUT2D eigenvalue weighted by molar-refractivity contribution is 5.77. The number of hydrogen-bond donors (Lipinski definition) is 1. The second-order valence-corrected chi connectivity index (χ2v) is 4.37. The Hall–Kier alpha value is -0.610. The highest BCUT2D eigenvalue weighted by atomic mass is 16.5. The standard InChI is InChI=1S/C11H21NO3/c1-9(2)15-8-11(14)12-5-3-10(7-12)4-6-13/h9-10,13H,3-8H2,1-2H3. The highest BCUT2D eigenvalue weighted by Gasteiger charge is 2.25. The molecule has 0 aromatic rings. The van der Waals surface area contributed by atoms with Crippen LogP contribution in [0.3, 0.4) is 0 Å². The van der Waals surface area contributed by atoms with Crippen LogP contribution in [0.1, 0.15) is 26.7 Å². The van der Waals surface area contributed by atoms with Crippen LogP contribution in [0.4, 0.5) is 0 Å². The SMILES string of the molecule is CC(C)OCC(=O)N1CCC(CCO)C1. The smallest absolute Gasteiger partial charge is 0.248 e. The second kappa shape index (κ2) is 6.08. The molecular formula is C11H21NO3. The Bertz CT molecular complexity index is 206. The molecule has 0 saturated carbocycles. The number of carbonyl (C=O) groups excluding carboxylic acids is 1. The van der Waals surface area contributed by atoms with Gasteiger partial charge in [0.25, 0.3) is 0 Å². The molecule has 4 heteroatoms. The Labute approximate surface area is 91.2 Å². The molecule has 1 N–H and O–H groups in total. The van der Waals surface area contributed by atoms with E-state index in [1.165, 1.54) is 0 Å². The van der Waals surface area contributed by atoms with Gasteiger partial charge in [-0.2, -0.15) is 0 Å². The van der Waals surface area contributed by atoms with Crippen molar-refractivity contribution in [3.63, 3.8) is 0 Å². The molecule has 0 aliphatic carbocycles. The number of carbonyl (C=O) groups is 1. The summed E-state index contributed by atoms with van der Waals surface area (Å²) in [6, 6.07) is 0. The number of likely N-dealkylation sites (tertiary alicyclic amines) is 1. The van der Waals surface area contributed by atoms with Gasteiger partial charge in [0, 0.05) is 19.7 Å². The van der Waals surface area contributed by atoms with Crippen molar-refractivity contribution in [1.29, 1.82) is 0 Å². The van der Waals surface area contributed by atoms with Gasteiger partial charge in [0.05, 0.1) is 6.10 Å². The van der Waals surface area contributed by atoms with E-state index in [1.807, 2.05) is 18.7 Å². The maximum Gasteiger partial charge on any atom is 0.248 e. The molecule has 0 bridgehead atoms. The van der Waals surface area contributed by atoms with Crippen LogP contribution in [-0.2, 0) is 9.53 Å². The van der Waals surface area contributed by atoms with Crippen LogP contribution in [0, 0.1) is 5.92 Å². The van der Waals surface area contributed by atoms with E-state index in [9.17, 15) is 4.79 Å². The van der Waals surface area contributed by atoms with Crippen molar-refractivity contribution in [1.82, 2.24) is 4.90 Å². The van der Waals surface area contributed by atoms with Crippen LogP contribution in [0.15, 0.2) is 0 Å². The Morgan fingerprint density at radius 3 is 2.93 bits per heavy atom. The largest absolute Gasteiger partial charge is 0.396 e. The normalized spacial score (nSPS) is 21.3. The topological polar surface area (TPSA) is 49.8 Å². The Morgan fingerprint density at radius 2 is 2.33 bits per heavy atom. The molecule has 1 atom stereocenters. The predicted molar refractivity (Wildman–Crippen MR) is 57.5 cm³/mol. The van der Waals surface area contributed by atoms with Crippen LogP contribution in [0.5, 0.6) is 0 Å². The van der Waals surface area contributed by atoms with E-state index in [0.29, 0.717) is 5.92 Å². The summed E-state index contributed by atoms with van der Waals surface area (Å²) in [6.07, 6.45) is 1.91. The third-order valence-corrected chi connectivity index (χ3v) is 2.72. The first-order valence-corrected chi connectivity index (χ1v) is 5.63. The molecule has 1 unspecified atom stereocenters. The van der Waals surface area contributed by atoms with E-state index in [1.54, 1.807) is 0 Å². The fourth-order valence-electron chi connectivity index (χ4n) is 1.81. The summed E-state index contributed by atoms with van der Waals surface area (Å²) in [4.78, 5) is 13.5. The summed E-state index contributed by atoms with van der Waals surface area (Å²) in [5.74, 6) is 0.544. The predicted octanol–water partition coefficient (Wildman–Crippen LogP) is 0.642. The average molecular weight is 215 g/mol. The molecule has 4 nitrogen and oxygen atoms in total. The van der Waals surface area contributed by atoms with Crippen LogP contribution in [-0.4, -0.2) is 48.3 Å². The van der Waals surface area contributed by atoms with Crippen molar-refractivity contribution >= 4 is 5.91 Å². The minimum absolute atomic E-state index is 0.0733. The Kier molecular flexibility index (Phi) is 5.05. The van der Waals surface area contributed by atoms with Gasteiger partial charge in [-0.25, -0.2) is 0 Å². The van der Waals surface area contributed by atoms with Crippen LogP contribution in [0.25, 0.3) is 0 Å². The molecule has 0 aromatic heterocycles. The first kappa shape index (κ1) is 12.5. The quantitative estimate of drug-likeness (QED) is 0.732. The van der Waals surface area contributed by atoms with Crippen molar-refractivity contribution in [3.8, 4) is 0 Å². The Balaban J connectivity index is 2.24. The lowest BCUT2D eigenvalue weighted by Crippen LogP contribution is -2.32. The second-order valence-electron chi connectivity index (χ2n) is 4.37. The number of amides is 1. The van der Waals surface area contributed by atoms with Crippen molar-refractivity contribution in [2.75, 3.05) is 26.3 Å². The summed E-state index contributed by atoms with van der Waals surface area (Å²) >= 11 is 0. The molecular weight excluding hydrogens is 194 g/mol. The van der Waals surface area contributed by atoms with Gasteiger partial charge in [-0.3, -0.25) is 4.79 Å². The molecule has 1 heterocycles. The fraction of sp³-hybridized carbons (Fsp3) is 0.909. The van der Waals surface area contributed by atoms with Gasteiger partial charge in [0.15, 0.2) is 0 Å². The zero-order valence-corrected chi connectivity index (χ0v) is 9.61. The first-order chi connectivity index (χ1) is 7.13. The van der Waals surface area contributed by atoms with E-state index in [4.69, 9.17) is 9.84 Å². The molecule has 1 aliphatic heterocycles. The number of aliphatic hydroxyl groups excluding tert-OH is 1. The summed E-state index contributed by atoms with van der Waals surface area (Å²) < 4.78 is 5.27. The van der Waals surface area contributed by atoms with Crippen molar-refractivity contribution < 1.29 is 14.6 Å². The van der Waals surface area contributed by atoms with Crippen LogP contribution >= 0.6 is 0 Å². The fourth-order valence-corrected chi connectivity index (χ4v) is 1.81. The van der Waals surface area contributed by atoms with Gasteiger partial charge in [-0.05, 0) is 32.6 Å². The van der Waals surface area contributed by atoms with E-state index < -0.39 is 0 Å². The van der Waals surface area contributed by atoms with Gasteiger partial charge in [0.1, 0.15) is 6.61 Å². The first-order valence-electron chi connectivity index (χ1n) is 5.63. The molecule has 1 aliphatic rings. The monoisotopic (exact) mass is 215 g/mol. The minimum atomic E-state index is 0.0733. The molecule has 1 fully saturated rings. The molecule has 0 aromatic carbocycles. The molecule has 1 amide bonds. The molecule has 1 saturated heterocycles. The number of nitrogens with zero attached hydrogens (tertiary/aromatic N) is 1. The average Bonchev–Trinajstić information content (AvgIpc) is 2.63. The lowest BCUT2D eigenvalue weighted by Gasteiger charge is -2.17. The lowest BCUT2D eigenvalue weighted by molar-refractivity contribution is -0.136. The Morgan fingerprint density at radius 1 is 1.60 bits per heavy atom. The zero-order valence-electron chi connectivity index (χ0n) is 9.61. The summed E-state index contributed by atoms with van der Waals surface area (Å²) in [6.45, 7) is 5.84. The molecule has 0 radical (unpaired) electrons. The van der Waals surface area contributed by atoms with Gasteiger partial charge < -0.3 is 14.7 Å². The minimum Gasteiger partial charge on any atom is -0.396 e. The molecule has 0 spiro atoms. The van der Waals surface area contributed by atoms with E-state index >= 15 is 0 Å². The third-order valence-electron chi connectivity index (χ3n) is 2.72. The number of hydrogen-bond acceptors (Lipinski definition) is 3. The van der Waals surface area contributed by atoms with Crippen LogP contribution in [0.2, 0.25) is 0 Å². The lowest BCUT2D eigenvalue weighted by atomic mass is 10.1. The molecule has 1 rings (SSSR count). The van der Waals surface area contributed by atoms with Crippen molar-refractivity contribution in [3.05, 3.63) is 0 Å². The zero-order chi connectivity index (χ0) is 11.3. The third kappa shape index (κ3) is 4.18. The number of rotatable bonds is 5. The van der Waals surface area contributed by atoms with Gasteiger partial charge in [0.2, 0.25) is 5.91 Å². The summed E-state index contributed by atoms with van der Waals surface area (Å²) in [7, 11) is 0. The van der Waals surface area contributed by atoms with Gasteiger partial charge in [-0.15, -0.1) is 0 Å².